The van der Waals surface area contributed by atoms with Crippen molar-refractivity contribution in [3.63, 3.8) is 0 Å². The van der Waals surface area contributed by atoms with Gasteiger partial charge in [-0.25, -0.2) is 8.78 Å². The third kappa shape index (κ3) is 1.43. The van der Waals surface area contributed by atoms with Crippen molar-refractivity contribution >= 4 is 16.5 Å². The number of aromatic nitrogens is 2. The molecule has 1 saturated carbocycles. The lowest BCUT2D eigenvalue weighted by atomic mass is 9.95. The van der Waals surface area contributed by atoms with Crippen LogP contribution < -0.4 is 4.90 Å². The highest BCUT2D eigenvalue weighted by atomic mass is 32.1. The first-order valence-electron chi connectivity index (χ1n) is 5.45. The van der Waals surface area contributed by atoms with Crippen LogP contribution in [0.3, 0.4) is 0 Å². The summed E-state index contributed by atoms with van der Waals surface area (Å²) >= 11 is 1.48. The van der Waals surface area contributed by atoms with Crippen molar-refractivity contribution in [3.05, 3.63) is 5.01 Å². The van der Waals surface area contributed by atoms with Crippen LogP contribution in [-0.2, 0) is 0 Å². The molecule has 1 aliphatic carbocycles. The van der Waals surface area contributed by atoms with Crippen molar-refractivity contribution in [1.82, 2.24) is 10.2 Å². The summed E-state index contributed by atoms with van der Waals surface area (Å²) in [5.41, 5.74) is -0.759. The van der Waals surface area contributed by atoms with Crippen molar-refractivity contribution in [2.75, 3.05) is 18.0 Å². The van der Waals surface area contributed by atoms with Gasteiger partial charge in [0.15, 0.2) is 0 Å². The number of nitrogens with zero attached hydrogens (tertiary/aromatic N) is 3. The lowest BCUT2D eigenvalue weighted by Crippen LogP contribution is -2.39. The zero-order valence-electron chi connectivity index (χ0n) is 9.04. The summed E-state index contributed by atoms with van der Waals surface area (Å²) in [7, 11) is 0. The monoisotopic (exact) mass is 245 g/mol. The summed E-state index contributed by atoms with van der Waals surface area (Å²) in [6.07, 6.45) is 1.52. The van der Waals surface area contributed by atoms with Crippen LogP contribution in [0.15, 0.2) is 0 Å². The van der Waals surface area contributed by atoms with E-state index < -0.39 is 11.3 Å². The Morgan fingerprint density at radius 2 is 2.12 bits per heavy atom. The first-order valence-corrected chi connectivity index (χ1v) is 6.27. The molecule has 0 N–H and O–H groups in total. The van der Waals surface area contributed by atoms with Crippen LogP contribution in [-0.4, -0.2) is 29.2 Å². The number of halogens is 2. The van der Waals surface area contributed by atoms with E-state index in [4.69, 9.17) is 0 Å². The molecule has 1 atom stereocenters. The van der Waals surface area contributed by atoms with E-state index in [1.807, 2.05) is 11.8 Å². The minimum atomic E-state index is -2.45. The highest BCUT2D eigenvalue weighted by molar-refractivity contribution is 7.15. The van der Waals surface area contributed by atoms with E-state index in [1.54, 1.807) is 0 Å². The van der Waals surface area contributed by atoms with E-state index >= 15 is 0 Å². The minimum Gasteiger partial charge on any atom is -0.346 e. The molecule has 2 fully saturated rings. The number of alkyl halides is 2. The van der Waals surface area contributed by atoms with Gasteiger partial charge in [0, 0.05) is 19.5 Å². The lowest BCUT2D eigenvalue weighted by molar-refractivity contribution is 0.0575. The summed E-state index contributed by atoms with van der Waals surface area (Å²) in [4.78, 5) is 1.97. The van der Waals surface area contributed by atoms with Crippen LogP contribution in [0.4, 0.5) is 13.9 Å². The molecule has 1 unspecified atom stereocenters. The van der Waals surface area contributed by atoms with E-state index in [2.05, 4.69) is 10.2 Å². The molecule has 0 amide bonds. The quantitative estimate of drug-likeness (QED) is 0.761. The first-order chi connectivity index (χ1) is 7.52. The second kappa shape index (κ2) is 3.12. The fourth-order valence-corrected chi connectivity index (χ4v) is 3.25. The summed E-state index contributed by atoms with van der Waals surface area (Å²) in [6.45, 7) is 3.15. The largest absolute Gasteiger partial charge is 0.346 e. The number of rotatable bonds is 1. The van der Waals surface area contributed by atoms with Gasteiger partial charge in [0.2, 0.25) is 5.13 Å². The van der Waals surface area contributed by atoms with Crippen LogP contribution >= 0.6 is 11.3 Å². The predicted octanol–water partition coefficient (Wildman–Crippen LogP) is 2.47. The van der Waals surface area contributed by atoms with Gasteiger partial charge in [-0.15, -0.1) is 10.2 Å². The normalized spacial score (nSPS) is 32.1. The van der Waals surface area contributed by atoms with Crippen molar-refractivity contribution in [1.29, 1.82) is 0 Å². The Morgan fingerprint density at radius 3 is 2.69 bits per heavy atom. The van der Waals surface area contributed by atoms with E-state index in [9.17, 15) is 8.78 Å². The number of hydrogen-bond acceptors (Lipinski definition) is 4. The van der Waals surface area contributed by atoms with Crippen LogP contribution in [0.25, 0.3) is 0 Å². The number of piperidine rings is 1. The SMILES string of the molecule is Cc1nnc(N2CCCC3(C2)CC3(F)F)s1. The molecule has 3 rings (SSSR count). The smallest absolute Gasteiger partial charge is 0.256 e. The van der Waals surface area contributed by atoms with Gasteiger partial charge in [-0.1, -0.05) is 11.3 Å². The maximum atomic E-state index is 13.3. The van der Waals surface area contributed by atoms with E-state index in [1.165, 1.54) is 11.3 Å². The summed E-state index contributed by atoms with van der Waals surface area (Å²) in [6, 6.07) is 0. The molecule has 0 bridgehead atoms. The van der Waals surface area contributed by atoms with Crippen LogP contribution in [0.1, 0.15) is 24.3 Å². The van der Waals surface area contributed by atoms with Crippen molar-refractivity contribution in [2.45, 2.75) is 32.1 Å². The predicted molar refractivity (Wildman–Crippen MR) is 58.1 cm³/mol. The average Bonchev–Trinajstić information content (AvgIpc) is 2.62. The molecule has 3 nitrogen and oxygen atoms in total. The molecule has 0 aromatic carbocycles. The maximum absolute atomic E-state index is 13.3. The highest BCUT2D eigenvalue weighted by Crippen LogP contribution is 2.64. The van der Waals surface area contributed by atoms with Gasteiger partial charge < -0.3 is 4.90 Å². The van der Waals surface area contributed by atoms with Gasteiger partial charge in [0.25, 0.3) is 5.92 Å². The standard InChI is InChI=1S/C10H13F2N3S/c1-7-13-14-8(16-7)15-4-2-3-9(6-15)5-10(9,11)12/h2-6H2,1H3. The Morgan fingerprint density at radius 1 is 1.38 bits per heavy atom. The van der Waals surface area contributed by atoms with Gasteiger partial charge >= 0.3 is 0 Å². The fraction of sp³-hybridized carbons (Fsp3) is 0.800. The zero-order valence-corrected chi connectivity index (χ0v) is 9.86. The van der Waals surface area contributed by atoms with E-state index in [0.29, 0.717) is 13.0 Å². The lowest BCUT2D eigenvalue weighted by Gasteiger charge is -2.32. The van der Waals surface area contributed by atoms with Crippen molar-refractivity contribution in [3.8, 4) is 0 Å². The van der Waals surface area contributed by atoms with Crippen LogP contribution in [0.5, 0.6) is 0 Å². The van der Waals surface area contributed by atoms with Gasteiger partial charge in [0.05, 0.1) is 5.41 Å². The Kier molecular flexibility index (Phi) is 2.02. The highest BCUT2D eigenvalue weighted by Gasteiger charge is 2.71. The first kappa shape index (κ1) is 10.4. The third-order valence-electron chi connectivity index (χ3n) is 3.57. The molecule has 0 radical (unpaired) electrons. The Hall–Kier alpha value is -0.780. The molecule has 1 saturated heterocycles. The van der Waals surface area contributed by atoms with Crippen LogP contribution in [0, 0.1) is 12.3 Å². The fourth-order valence-electron chi connectivity index (χ4n) is 2.53. The molecule has 16 heavy (non-hydrogen) atoms. The maximum Gasteiger partial charge on any atom is 0.256 e. The molecular formula is C10H13F2N3S. The number of anilines is 1. The molecule has 1 spiro atoms. The number of hydrogen-bond donors (Lipinski definition) is 0. The molecule has 2 aliphatic rings. The van der Waals surface area contributed by atoms with E-state index in [-0.39, 0.29) is 6.42 Å². The van der Waals surface area contributed by atoms with Crippen LogP contribution in [0.2, 0.25) is 0 Å². The summed E-state index contributed by atoms with van der Waals surface area (Å²) < 4.78 is 26.6. The molecular weight excluding hydrogens is 232 g/mol. The molecule has 88 valence electrons. The Balaban J connectivity index is 1.79. The molecule has 1 aromatic rings. The molecule has 1 aromatic heterocycles. The van der Waals surface area contributed by atoms with Gasteiger partial charge in [-0.3, -0.25) is 0 Å². The van der Waals surface area contributed by atoms with Gasteiger partial charge in [-0.2, -0.15) is 0 Å². The Bertz CT molecular complexity index is 420. The van der Waals surface area contributed by atoms with Gasteiger partial charge in [0.1, 0.15) is 5.01 Å². The topological polar surface area (TPSA) is 29.0 Å². The minimum absolute atomic E-state index is 0.0499. The summed E-state index contributed by atoms with van der Waals surface area (Å²) in [5, 5.41) is 9.64. The third-order valence-corrected chi connectivity index (χ3v) is 4.47. The Labute approximate surface area is 96.5 Å². The average molecular weight is 245 g/mol. The van der Waals surface area contributed by atoms with Gasteiger partial charge in [-0.05, 0) is 19.8 Å². The second-order valence-electron chi connectivity index (χ2n) is 4.79. The molecule has 2 heterocycles. The second-order valence-corrected chi connectivity index (χ2v) is 5.95. The molecule has 6 heteroatoms. The molecule has 1 aliphatic heterocycles. The van der Waals surface area contributed by atoms with E-state index in [0.717, 1.165) is 23.1 Å². The van der Waals surface area contributed by atoms with Crippen molar-refractivity contribution < 1.29 is 8.78 Å². The summed E-state index contributed by atoms with van der Waals surface area (Å²) in [5.74, 6) is -2.45. The number of aryl methyl sites for hydroxylation is 1. The zero-order chi connectivity index (χ0) is 11.4. The van der Waals surface area contributed by atoms with Crippen molar-refractivity contribution in [2.24, 2.45) is 5.41 Å².